The van der Waals surface area contributed by atoms with Crippen molar-refractivity contribution in [3.63, 3.8) is 0 Å². The van der Waals surface area contributed by atoms with Crippen LogP contribution in [0, 0.1) is 5.92 Å². The van der Waals surface area contributed by atoms with Crippen molar-refractivity contribution in [1.82, 2.24) is 9.88 Å². The van der Waals surface area contributed by atoms with E-state index < -0.39 is 11.7 Å². The van der Waals surface area contributed by atoms with Gasteiger partial charge in [0.05, 0.1) is 5.56 Å². The van der Waals surface area contributed by atoms with Crippen molar-refractivity contribution in [2.75, 3.05) is 37.6 Å². The molecule has 2 fully saturated rings. The molecule has 156 valence electrons. The minimum Gasteiger partial charge on any atom is -0.357 e. The number of rotatable bonds is 5. The van der Waals surface area contributed by atoms with Crippen molar-refractivity contribution < 1.29 is 13.2 Å². The van der Waals surface area contributed by atoms with E-state index in [2.05, 4.69) is 14.8 Å². The lowest BCUT2D eigenvalue weighted by Crippen LogP contribution is -2.35. The van der Waals surface area contributed by atoms with Crippen molar-refractivity contribution >= 4 is 5.82 Å². The van der Waals surface area contributed by atoms with E-state index >= 15 is 0 Å². The average Bonchev–Trinajstić information content (AvgIpc) is 3.26. The zero-order valence-electron chi connectivity index (χ0n) is 16.7. The van der Waals surface area contributed by atoms with Crippen LogP contribution in [0.1, 0.15) is 37.7 Å². The molecular weight excluding hydrogens is 375 g/mol. The van der Waals surface area contributed by atoms with E-state index in [-0.39, 0.29) is 0 Å². The van der Waals surface area contributed by atoms with E-state index in [9.17, 15) is 13.2 Å². The van der Waals surface area contributed by atoms with Gasteiger partial charge in [0, 0.05) is 24.8 Å². The van der Waals surface area contributed by atoms with Gasteiger partial charge in [0.1, 0.15) is 5.82 Å². The number of benzene rings is 1. The van der Waals surface area contributed by atoms with E-state index in [1.807, 2.05) is 12.1 Å². The van der Waals surface area contributed by atoms with Crippen LogP contribution in [-0.2, 0) is 6.18 Å². The Morgan fingerprint density at radius 2 is 1.52 bits per heavy atom. The summed E-state index contributed by atoms with van der Waals surface area (Å²) < 4.78 is 38.1. The number of piperidine rings is 1. The fourth-order valence-electron chi connectivity index (χ4n) is 4.42. The van der Waals surface area contributed by atoms with Gasteiger partial charge in [0.2, 0.25) is 0 Å². The molecular formula is C23H28F3N3. The van der Waals surface area contributed by atoms with Crippen LogP contribution in [0.2, 0.25) is 0 Å². The molecule has 0 saturated carbocycles. The third kappa shape index (κ3) is 5.10. The molecule has 0 amide bonds. The summed E-state index contributed by atoms with van der Waals surface area (Å²) in [5.74, 6) is 1.76. The first-order valence-corrected chi connectivity index (χ1v) is 10.6. The van der Waals surface area contributed by atoms with E-state index in [1.54, 1.807) is 6.20 Å². The first kappa shape index (κ1) is 20.2. The Hall–Kier alpha value is -2.08. The summed E-state index contributed by atoms with van der Waals surface area (Å²) in [7, 11) is 0. The molecule has 6 heteroatoms. The van der Waals surface area contributed by atoms with Crippen LogP contribution in [-0.4, -0.2) is 42.6 Å². The molecule has 0 bridgehead atoms. The van der Waals surface area contributed by atoms with Crippen molar-refractivity contribution in [1.29, 1.82) is 0 Å². The van der Waals surface area contributed by atoms with Gasteiger partial charge in [-0.2, -0.15) is 13.2 Å². The SMILES string of the molecule is FC(F)(F)c1ccc(-c2ccc(N3CCC(CCN4CCCC4)CC3)nc2)cc1. The number of alkyl halides is 3. The Morgan fingerprint density at radius 3 is 2.10 bits per heavy atom. The molecule has 2 aliphatic heterocycles. The van der Waals surface area contributed by atoms with Gasteiger partial charge in [-0.05, 0) is 87.5 Å². The van der Waals surface area contributed by atoms with Crippen LogP contribution >= 0.6 is 0 Å². The van der Waals surface area contributed by atoms with Crippen LogP contribution in [0.25, 0.3) is 11.1 Å². The number of hydrogen-bond donors (Lipinski definition) is 0. The Bertz CT molecular complexity index is 773. The standard InChI is InChI=1S/C23H28F3N3/c24-23(25,26)21-6-3-19(4-7-21)20-5-8-22(27-17-20)29-15-10-18(11-16-29)9-14-28-12-1-2-13-28/h3-8,17-18H,1-2,9-16H2. The Labute approximate surface area is 170 Å². The molecule has 0 radical (unpaired) electrons. The summed E-state index contributed by atoms with van der Waals surface area (Å²) in [6.45, 7) is 5.83. The van der Waals surface area contributed by atoms with Gasteiger partial charge in [0.15, 0.2) is 0 Å². The summed E-state index contributed by atoms with van der Waals surface area (Å²) >= 11 is 0. The molecule has 2 aromatic rings. The van der Waals surface area contributed by atoms with Crippen LogP contribution in [0.5, 0.6) is 0 Å². The van der Waals surface area contributed by atoms with Gasteiger partial charge in [-0.1, -0.05) is 12.1 Å². The zero-order chi connectivity index (χ0) is 20.3. The maximum atomic E-state index is 12.7. The molecule has 1 aromatic carbocycles. The smallest absolute Gasteiger partial charge is 0.357 e. The molecule has 2 aliphatic rings. The Kier molecular flexibility index (Phi) is 6.09. The lowest BCUT2D eigenvalue weighted by molar-refractivity contribution is -0.137. The highest BCUT2D eigenvalue weighted by atomic mass is 19.4. The van der Waals surface area contributed by atoms with Gasteiger partial charge < -0.3 is 9.80 Å². The lowest BCUT2D eigenvalue weighted by Gasteiger charge is -2.33. The fraction of sp³-hybridized carbons (Fsp3) is 0.522. The van der Waals surface area contributed by atoms with E-state index in [0.29, 0.717) is 0 Å². The third-order valence-corrected chi connectivity index (χ3v) is 6.28. The molecule has 0 atom stereocenters. The van der Waals surface area contributed by atoms with Crippen molar-refractivity contribution in [2.45, 2.75) is 38.3 Å². The number of pyridine rings is 1. The number of hydrogen-bond acceptors (Lipinski definition) is 3. The molecule has 0 N–H and O–H groups in total. The van der Waals surface area contributed by atoms with Crippen LogP contribution in [0.15, 0.2) is 42.6 Å². The van der Waals surface area contributed by atoms with E-state index in [0.717, 1.165) is 48.1 Å². The highest BCUT2D eigenvalue weighted by molar-refractivity contribution is 5.64. The topological polar surface area (TPSA) is 19.4 Å². The molecule has 29 heavy (non-hydrogen) atoms. The molecule has 0 unspecified atom stereocenters. The molecule has 0 spiro atoms. The first-order valence-electron chi connectivity index (χ1n) is 10.6. The quantitative estimate of drug-likeness (QED) is 0.660. The van der Waals surface area contributed by atoms with Crippen LogP contribution < -0.4 is 4.90 Å². The number of likely N-dealkylation sites (tertiary alicyclic amines) is 1. The van der Waals surface area contributed by atoms with Gasteiger partial charge in [-0.25, -0.2) is 4.98 Å². The van der Waals surface area contributed by atoms with Gasteiger partial charge >= 0.3 is 6.18 Å². The van der Waals surface area contributed by atoms with E-state index in [4.69, 9.17) is 0 Å². The van der Waals surface area contributed by atoms with Crippen molar-refractivity contribution in [3.8, 4) is 11.1 Å². The van der Waals surface area contributed by atoms with Gasteiger partial charge in [-0.15, -0.1) is 0 Å². The molecule has 0 aliphatic carbocycles. The predicted molar refractivity (Wildman–Crippen MR) is 110 cm³/mol. The number of aromatic nitrogens is 1. The molecule has 2 saturated heterocycles. The number of nitrogens with zero attached hydrogens (tertiary/aromatic N) is 3. The summed E-state index contributed by atoms with van der Waals surface area (Å²) in [5.41, 5.74) is 0.957. The maximum absolute atomic E-state index is 12.7. The molecule has 3 heterocycles. The second kappa shape index (κ2) is 8.74. The second-order valence-corrected chi connectivity index (χ2v) is 8.25. The summed E-state index contributed by atoms with van der Waals surface area (Å²) in [6.07, 6.45) is 3.87. The third-order valence-electron chi connectivity index (χ3n) is 6.28. The summed E-state index contributed by atoms with van der Waals surface area (Å²) in [6, 6.07) is 9.19. The number of halogens is 3. The van der Waals surface area contributed by atoms with E-state index in [1.165, 1.54) is 63.9 Å². The van der Waals surface area contributed by atoms with Crippen LogP contribution in [0.3, 0.4) is 0 Å². The molecule has 3 nitrogen and oxygen atoms in total. The number of anilines is 1. The zero-order valence-corrected chi connectivity index (χ0v) is 16.7. The maximum Gasteiger partial charge on any atom is 0.416 e. The van der Waals surface area contributed by atoms with Gasteiger partial charge in [-0.3, -0.25) is 0 Å². The monoisotopic (exact) mass is 403 g/mol. The minimum absolute atomic E-state index is 0.626. The highest BCUT2D eigenvalue weighted by Gasteiger charge is 2.30. The predicted octanol–water partition coefficient (Wildman–Crippen LogP) is 5.47. The summed E-state index contributed by atoms with van der Waals surface area (Å²) in [5, 5.41) is 0. The fourth-order valence-corrected chi connectivity index (χ4v) is 4.42. The largest absolute Gasteiger partial charge is 0.416 e. The Balaban J connectivity index is 1.30. The minimum atomic E-state index is -4.30. The molecule has 4 rings (SSSR count). The van der Waals surface area contributed by atoms with Crippen LogP contribution in [0.4, 0.5) is 19.0 Å². The molecule has 1 aromatic heterocycles. The second-order valence-electron chi connectivity index (χ2n) is 8.25. The van der Waals surface area contributed by atoms with Crippen molar-refractivity contribution in [2.24, 2.45) is 5.92 Å². The normalized spacial score (nSPS) is 19.1. The van der Waals surface area contributed by atoms with Gasteiger partial charge in [0.25, 0.3) is 0 Å². The highest BCUT2D eigenvalue weighted by Crippen LogP contribution is 2.31. The average molecular weight is 403 g/mol. The van der Waals surface area contributed by atoms with Crippen molar-refractivity contribution in [3.05, 3.63) is 48.2 Å². The Morgan fingerprint density at radius 1 is 0.862 bits per heavy atom. The lowest BCUT2D eigenvalue weighted by atomic mass is 9.93. The summed E-state index contributed by atoms with van der Waals surface area (Å²) in [4.78, 5) is 9.49. The first-order chi connectivity index (χ1) is 14.0.